The summed E-state index contributed by atoms with van der Waals surface area (Å²) in [6, 6.07) is 6.01. The molecule has 0 aliphatic heterocycles. The number of nitrogens with one attached hydrogen (secondary N) is 1. The summed E-state index contributed by atoms with van der Waals surface area (Å²) in [5.74, 6) is 0.280. The van der Waals surface area contributed by atoms with Gasteiger partial charge >= 0.3 is 0 Å². The predicted molar refractivity (Wildman–Crippen MR) is 68.2 cm³/mol. The zero-order valence-electron chi connectivity index (χ0n) is 9.28. The Morgan fingerprint density at radius 3 is 2.56 bits per heavy atom. The average Bonchev–Trinajstić information content (AvgIpc) is 2.68. The van der Waals surface area contributed by atoms with E-state index in [0.29, 0.717) is 6.42 Å². The third-order valence-electron chi connectivity index (χ3n) is 3.30. The van der Waals surface area contributed by atoms with Crippen molar-refractivity contribution in [3.8, 4) is 0 Å². The van der Waals surface area contributed by atoms with Gasteiger partial charge in [0.25, 0.3) is 0 Å². The highest BCUT2D eigenvalue weighted by molar-refractivity contribution is 5.85. The van der Waals surface area contributed by atoms with Crippen LogP contribution in [0.4, 0.5) is 0 Å². The lowest BCUT2D eigenvalue weighted by Crippen LogP contribution is -2.29. The topological polar surface area (TPSA) is 62.8 Å². The number of aromatic nitrogens is 1. The van der Waals surface area contributed by atoms with Gasteiger partial charge in [-0.05, 0) is 25.0 Å². The molecule has 1 aliphatic carbocycles. The highest BCUT2D eigenvalue weighted by atomic mass is 35.5. The molecule has 0 spiro atoms. The third kappa shape index (κ3) is 2.53. The summed E-state index contributed by atoms with van der Waals surface area (Å²) in [6.07, 6.45) is 7.17. The van der Waals surface area contributed by atoms with Crippen molar-refractivity contribution >= 4 is 18.2 Å². The molecule has 2 rings (SSSR count). The minimum Gasteiger partial charge on any atom is -0.388 e. The lowest BCUT2D eigenvalue weighted by atomic mass is 9.79. The molecule has 1 fully saturated rings. The van der Waals surface area contributed by atoms with Gasteiger partial charge in [-0.25, -0.2) is 0 Å². The predicted octanol–water partition coefficient (Wildman–Crippen LogP) is 2.64. The van der Waals surface area contributed by atoms with Gasteiger partial charge in [-0.3, -0.25) is 10.4 Å². The molecule has 0 bridgehead atoms. The summed E-state index contributed by atoms with van der Waals surface area (Å²) in [7, 11) is 0. The van der Waals surface area contributed by atoms with E-state index in [2.05, 4.69) is 11.1 Å². The van der Waals surface area contributed by atoms with Crippen LogP contribution >= 0.6 is 12.4 Å². The first-order valence-electron chi connectivity index (χ1n) is 5.47. The molecule has 4 heteroatoms. The van der Waals surface area contributed by atoms with E-state index in [1.807, 2.05) is 18.3 Å². The summed E-state index contributed by atoms with van der Waals surface area (Å²) in [5.41, 5.74) is 6.71. The maximum Gasteiger partial charge on any atom is 0.0914 e. The molecular weight excluding hydrogens is 222 g/mol. The van der Waals surface area contributed by atoms with E-state index >= 15 is 0 Å². The van der Waals surface area contributed by atoms with Crippen molar-refractivity contribution in [1.82, 2.24) is 4.98 Å². The first kappa shape index (κ1) is 13.0. The normalized spacial score (nSPS) is 17.8. The minimum absolute atomic E-state index is 0. The van der Waals surface area contributed by atoms with E-state index in [1.54, 1.807) is 0 Å². The summed E-state index contributed by atoms with van der Waals surface area (Å²) < 4.78 is 0. The van der Waals surface area contributed by atoms with Crippen LogP contribution in [-0.4, -0.2) is 10.8 Å². The van der Waals surface area contributed by atoms with Crippen LogP contribution in [0.15, 0.2) is 24.4 Å². The fraction of sp³-hybridized carbons (Fsp3) is 0.500. The highest BCUT2D eigenvalue weighted by Crippen LogP contribution is 2.42. The van der Waals surface area contributed by atoms with E-state index in [1.165, 1.54) is 12.8 Å². The second kappa shape index (κ2) is 5.30. The molecule has 1 saturated carbocycles. The van der Waals surface area contributed by atoms with Crippen LogP contribution in [-0.2, 0) is 5.41 Å². The number of nitrogens with zero attached hydrogens (tertiary/aromatic N) is 1. The van der Waals surface area contributed by atoms with Crippen molar-refractivity contribution in [3.05, 3.63) is 30.1 Å². The lowest BCUT2D eigenvalue weighted by molar-refractivity contribution is 0.443. The van der Waals surface area contributed by atoms with Crippen LogP contribution in [0.5, 0.6) is 0 Å². The number of rotatable bonds is 3. The van der Waals surface area contributed by atoms with Crippen LogP contribution in [0, 0.1) is 5.41 Å². The molecule has 0 atom stereocenters. The van der Waals surface area contributed by atoms with Crippen LogP contribution in [0.3, 0.4) is 0 Å². The number of halogens is 1. The standard InChI is InChI=1S/C12H17N3.ClH/c13-11(14)9-12(6-2-3-7-12)10-5-1-4-8-15-10;/h1,4-5,8H,2-3,6-7,9H2,(H3,13,14);1H. The molecule has 1 heterocycles. The Bertz CT molecular complexity index is 345. The molecule has 1 aromatic rings. The summed E-state index contributed by atoms with van der Waals surface area (Å²) in [6.45, 7) is 0. The first-order chi connectivity index (χ1) is 7.23. The highest BCUT2D eigenvalue weighted by Gasteiger charge is 2.37. The molecule has 16 heavy (non-hydrogen) atoms. The molecule has 1 aliphatic rings. The second-order valence-electron chi connectivity index (χ2n) is 4.40. The van der Waals surface area contributed by atoms with Crippen molar-refractivity contribution in [1.29, 1.82) is 5.41 Å². The Morgan fingerprint density at radius 2 is 2.06 bits per heavy atom. The second-order valence-corrected chi connectivity index (χ2v) is 4.40. The Hall–Kier alpha value is -1.09. The number of nitrogens with two attached hydrogens (primary N) is 1. The van der Waals surface area contributed by atoms with E-state index < -0.39 is 0 Å². The molecule has 0 saturated heterocycles. The smallest absolute Gasteiger partial charge is 0.0914 e. The number of hydrogen-bond acceptors (Lipinski definition) is 2. The zero-order chi connectivity index (χ0) is 10.7. The number of hydrogen-bond donors (Lipinski definition) is 2. The van der Waals surface area contributed by atoms with Gasteiger partial charge in [0.2, 0.25) is 0 Å². The first-order valence-corrected chi connectivity index (χ1v) is 5.47. The zero-order valence-corrected chi connectivity index (χ0v) is 10.1. The van der Waals surface area contributed by atoms with Gasteiger partial charge in [0.15, 0.2) is 0 Å². The quantitative estimate of drug-likeness (QED) is 0.629. The van der Waals surface area contributed by atoms with E-state index in [0.717, 1.165) is 18.5 Å². The molecular formula is C12H18ClN3. The van der Waals surface area contributed by atoms with Gasteiger partial charge in [0.05, 0.1) is 5.84 Å². The largest absolute Gasteiger partial charge is 0.388 e. The maximum absolute atomic E-state index is 7.48. The summed E-state index contributed by atoms with van der Waals surface area (Å²) in [4.78, 5) is 4.43. The van der Waals surface area contributed by atoms with E-state index in [-0.39, 0.29) is 23.7 Å². The molecule has 88 valence electrons. The van der Waals surface area contributed by atoms with Crippen molar-refractivity contribution < 1.29 is 0 Å². The third-order valence-corrected chi connectivity index (χ3v) is 3.30. The average molecular weight is 240 g/mol. The number of pyridine rings is 1. The molecule has 1 aromatic heterocycles. The molecule has 3 N–H and O–H groups in total. The molecule has 3 nitrogen and oxygen atoms in total. The molecule has 0 aromatic carbocycles. The van der Waals surface area contributed by atoms with Crippen LogP contribution in [0.25, 0.3) is 0 Å². The fourth-order valence-electron chi connectivity index (χ4n) is 2.62. The Balaban J connectivity index is 0.00000128. The summed E-state index contributed by atoms with van der Waals surface area (Å²) in [5, 5.41) is 7.48. The van der Waals surface area contributed by atoms with E-state index in [4.69, 9.17) is 11.1 Å². The van der Waals surface area contributed by atoms with Gasteiger partial charge in [-0.2, -0.15) is 0 Å². The van der Waals surface area contributed by atoms with Crippen molar-refractivity contribution in [2.45, 2.75) is 37.5 Å². The van der Waals surface area contributed by atoms with Gasteiger partial charge in [0.1, 0.15) is 0 Å². The monoisotopic (exact) mass is 239 g/mol. The van der Waals surface area contributed by atoms with Gasteiger partial charge in [0, 0.05) is 23.7 Å². The fourth-order valence-corrected chi connectivity index (χ4v) is 2.62. The van der Waals surface area contributed by atoms with E-state index in [9.17, 15) is 0 Å². The molecule has 0 unspecified atom stereocenters. The summed E-state index contributed by atoms with van der Waals surface area (Å²) >= 11 is 0. The maximum atomic E-state index is 7.48. The molecule has 0 radical (unpaired) electrons. The van der Waals surface area contributed by atoms with Crippen LogP contribution in [0.1, 0.15) is 37.8 Å². The van der Waals surface area contributed by atoms with Crippen molar-refractivity contribution in [2.75, 3.05) is 0 Å². The van der Waals surface area contributed by atoms with Crippen molar-refractivity contribution in [2.24, 2.45) is 5.73 Å². The van der Waals surface area contributed by atoms with Crippen LogP contribution < -0.4 is 5.73 Å². The van der Waals surface area contributed by atoms with Crippen molar-refractivity contribution in [3.63, 3.8) is 0 Å². The Kier molecular flexibility index (Phi) is 4.30. The Morgan fingerprint density at radius 1 is 1.38 bits per heavy atom. The number of amidine groups is 1. The molecule has 0 amide bonds. The van der Waals surface area contributed by atoms with Gasteiger partial charge in [-0.1, -0.05) is 18.9 Å². The SMILES string of the molecule is Cl.N=C(N)CC1(c2ccccn2)CCCC1. The lowest BCUT2D eigenvalue weighted by Gasteiger charge is -2.27. The Labute approximate surface area is 102 Å². The van der Waals surface area contributed by atoms with Gasteiger partial charge < -0.3 is 5.73 Å². The van der Waals surface area contributed by atoms with Gasteiger partial charge in [-0.15, -0.1) is 12.4 Å². The minimum atomic E-state index is 0. The van der Waals surface area contributed by atoms with Crippen LogP contribution in [0.2, 0.25) is 0 Å².